The van der Waals surface area contributed by atoms with Gasteiger partial charge in [-0.15, -0.1) is 0 Å². The van der Waals surface area contributed by atoms with Crippen molar-refractivity contribution in [3.8, 4) is 0 Å². The number of halogens is 1. The van der Waals surface area contributed by atoms with E-state index in [9.17, 15) is 14.0 Å². The minimum absolute atomic E-state index is 0.0500. The lowest BCUT2D eigenvalue weighted by atomic mass is 10.1. The van der Waals surface area contributed by atoms with Gasteiger partial charge in [0.2, 0.25) is 0 Å². The smallest absolute Gasteiger partial charge is 0.270 e. The SMILES string of the molecule is O=C1NC(=S)N(c2ccc(F)cc2)C(=O)/C1=C\c1ccc(N2CCCC2)o1. The largest absolute Gasteiger partial charge is 0.441 e. The van der Waals surface area contributed by atoms with Crippen LogP contribution in [0.4, 0.5) is 16.0 Å². The summed E-state index contributed by atoms with van der Waals surface area (Å²) >= 11 is 5.11. The zero-order valence-corrected chi connectivity index (χ0v) is 15.1. The topological polar surface area (TPSA) is 65.8 Å². The zero-order chi connectivity index (χ0) is 19.0. The number of nitrogens with zero attached hydrogens (tertiary/aromatic N) is 2. The molecule has 0 atom stereocenters. The Hall–Kier alpha value is -3.00. The van der Waals surface area contributed by atoms with E-state index >= 15 is 0 Å². The average Bonchev–Trinajstić information content (AvgIpc) is 3.31. The van der Waals surface area contributed by atoms with E-state index in [4.69, 9.17) is 16.6 Å². The Balaban J connectivity index is 1.64. The second kappa shape index (κ2) is 6.96. The fourth-order valence-electron chi connectivity index (χ4n) is 3.15. The van der Waals surface area contributed by atoms with Crippen molar-refractivity contribution >= 4 is 46.8 Å². The lowest BCUT2D eigenvalue weighted by Crippen LogP contribution is -2.54. The first-order chi connectivity index (χ1) is 13.0. The molecule has 8 heteroatoms. The number of nitrogens with one attached hydrogen (secondary N) is 1. The predicted octanol–water partition coefficient (Wildman–Crippen LogP) is 2.85. The second-order valence-electron chi connectivity index (χ2n) is 6.30. The van der Waals surface area contributed by atoms with Crippen molar-refractivity contribution in [3.05, 3.63) is 53.5 Å². The fraction of sp³-hybridized carbons (Fsp3) is 0.211. The van der Waals surface area contributed by atoms with Crippen LogP contribution in [0.25, 0.3) is 6.08 Å². The molecule has 0 radical (unpaired) electrons. The maximum absolute atomic E-state index is 13.2. The molecule has 1 N–H and O–H groups in total. The van der Waals surface area contributed by atoms with E-state index < -0.39 is 17.6 Å². The quantitative estimate of drug-likeness (QED) is 0.500. The van der Waals surface area contributed by atoms with E-state index in [1.165, 1.54) is 30.3 Å². The second-order valence-corrected chi connectivity index (χ2v) is 6.69. The number of amides is 2. The molecule has 2 aromatic rings. The Morgan fingerprint density at radius 1 is 1.07 bits per heavy atom. The molecule has 0 bridgehead atoms. The van der Waals surface area contributed by atoms with Crippen molar-refractivity contribution in [3.63, 3.8) is 0 Å². The van der Waals surface area contributed by atoms with E-state index in [0.29, 0.717) is 17.3 Å². The lowest BCUT2D eigenvalue weighted by molar-refractivity contribution is -0.122. The summed E-state index contributed by atoms with van der Waals surface area (Å²) in [5.74, 6) is -0.493. The Morgan fingerprint density at radius 3 is 2.48 bits per heavy atom. The van der Waals surface area contributed by atoms with E-state index in [0.717, 1.165) is 30.8 Å². The molecule has 138 valence electrons. The fourth-order valence-corrected chi connectivity index (χ4v) is 3.43. The number of benzene rings is 1. The molecule has 2 aliphatic heterocycles. The van der Waals surface area contributed by atoms with Gasteiger partial charge < -0.3 is 9.32 Å². The molecule has 6 nitrogen and oxygen atoms in total. The number of furan rings is 1. The first-order valence-electron chi connectivity index (χ1n) is 8.55. The normalized spacial score (nSPS) is 19.1. The van der Waals surface area contributed by atoms with E-state index in [1.807, 2.05) is 6.07 Å². The number of anilines is 2. The highest BCUT2D eigenvalue weighted by atomic mass is 32.1. The molecule has 4 rings (SSSR count). The molecule has 0 unspecified atom stereocenters. The van der Waals surface area contributed by atoms with Crippen LogP contribution >= 0.6 is 12.2 Å². The average molecular weight is 385 g/mol. The van der Waals surface area contributed by atoms with Crippen LogP contribution < -0.4 is 15.1 Å². The monoisotopic (exact) mass is 385 g/mol. The van der Waals surface area contributed by atoms with Gasteiger partial charge in [-0.25, -0.2) is 4.39 Å². The van der Waals surface area contributed by atoms with Gasteiger partial charge in [-0.05, 0) is 61.5 Å². The molecule has 0 spiro atoms. The van der Waals surface area contributed by atoms with Crippen molar-refractivity contribution in [1.82, 2.24) is 5.32 Å². The van der Waals surface area contributed by atoms with Gasteiger partial charge in [-0.1, -0.05) is 0 Å². The van der Waals surface area contributed by atoms with Crippen LogP contribution in [0.1, 0.15) is 18.6 Å². The summed E-state index contributed by atoms with van der Waals surface area (Å²) in [6.45, 7) is 1.85. The zero-order valence-electron chi connectivity index (χ0n) is 14.3. The molecule has 1 aromatic heterocycles. The first-order valence-corrected chi connectivity index (χ1v) is 8.95. The Labute approximate surface area is 160 Å². The summed E-state index contributed by atoms with van der Waals surface area (Å²) in [7, 11) is 0. The molecule has 2 saturated heterocycles. The third-order valence-electron chi connectivity index (χ3n) is 4.50. The van der Waals surface area contributed by atoms with Gasteiger partial charge in [0.1, 0.15) is 17.2 Å². The summed E-state index contributed by atoms with van der Waals surface area (Å²) in [5, 5.41) is 2.44. The molecule has 1 aromatic carbocycles. The van der Waals surface area contributed by atoms with Crippen molar-refractivity contribution in [2.75, 3.05) is 22.9 Å². The number of rotatable bonds is 3. The van der Waals surface area contributed by atoms with E-state index in [2.05, 4.69) is 10.2 Å². The van der Waals surface area contributed by atoms with Crippen molar-refractivity contribution in [2.45, 2.75) is 12.8 Å². The molecular formula is C19H16FN3O3S. The number of hydrogen-bond acceptors (Lipinski definition) is 5. The summed E-state index contributed by atoms with van der Waals surface area (Å²) in [6.07, 6.45) is 3.62. The van der Waals surface area contributed by atoms with Crippen molar-refractivity contribution < 1.29 is 18.4 Å². The van der Waals surface area contributed by atoms with Gasteiger partial charge in [0.05, 0.1) is 5.69 Å². The number of carbonyl (C=O) groups is 2. The highest BCUT2D eigenvalue weighted by molar-refractivity contribution is 7.80. The Bertz CT molecular complexity index is 945. The van der Waals surface area contributed by atoms with Crippen molar-refractivity contribution in [1.29, 1.82) is 0 Å². The highest BCUT2D eigenvalue weighted by Gasteiger charge is 2.34. The minimum atomic E-state index is -0.595. The van der Waals surface area contributed by atoms with Crippen LogP contribution in [0.5, 0.6) is 0 Å². The van der Waals surface area contributed by atoms with Crippen LogP contribution in [-0.2, 0) is 9.59 Å². The molecule has 2 amide bonds. The van der Waals surface area contributed by atoms with Crippen molar-refractivity contribution in [2.24, 2.45) is 0 Å². The van der Waals surface area contributed by atoms with Gasteiger partial charge in [-0.3, -0.25) is 19.8 Å². The summed E-state index contributed by atoms with van der Waals surface area (Å²) in [6, 6.07) is 8.83. The predicted molar refractivity (Wildman–Crippen MR) is 103 cm³/mol. The van der Waals surface area contributed by atoms with E-state index in [-0.39, 0.29) is 10.7 Å². The third kappa shape index (κ3) is 3.35. The van der Waals surface area contributed by atoms with Crippen LogP contribution in [0, 0.1) is 5.82 Å². The van der Waals surface area contributed by atoms with Crippen LogP contribution in [-0.4, -0.2) is 30.0 Å². The molecule has 3 heterocycles. The molecular weight excluding hydrogens is 369 g/mol. The highest BCUT2D eigenvalue weighted by Crippen LogP contribution is 2.26. The summed E-state index contributed by atoms with van der Waals surface area (Å²) < 4.78 is 18.9. The van der Waals surface area contributed by atoms with E-state index in [1.54, 1.807) is 6.07 Å². The number of hydrogen-bond donors (Lipinski definition) is 1. The summed E-state index contributed by atoms with van der Waals surface area (Å²) in [4.78, 5) is 28.4. The van der Waals surface area contributed by atoms with Crippen LogP contribution in [0.2, 0.25) is 0 Å². The summed E-state index contributed by atoms with van der Waals surface area (Å²) in [5.41, 5.74) is 0.268. The van der Waals surface area contributed by atoms with Crippen LogP contribution in [0.15, 0.2) is 46.4 Å². The number of carbonyl (C=O) groups excluding carboxylic acids is 2. The molecule has 2 aliphatic rings. The minimum Gasteiger partial charge on any atom is -0.441 e. The van der Waals surface area contributed by atoms with Gasteiger partial charge >= 0.3 is 0 Å². The van der Waals surface area contributed by atoms with Gasteiger partial charge in [0.15, 0.2) is 11.0 Å². The molecule has 27 heavy (non-hydrogen) atoms. The number of thiocarbonyl (C=S) groups is 1. The maximum atomic E-state index is 13.2. The Kier molecular flexibility index (Phi) is 4.49. The van der Waals surface area contributed by atoms with Gasteiger partial charge in [0.25, 0.3) is 11.8 Å². The Morgan fingerprint density at radius 2 is 1.78 bits per heavy atom. The molecule has 0 aliphatic carbocycles. The van der Waals surface area contributed by atoms with Gasteiger partial charge in [-0.2, -0.15) is 0 Å². The molecule has 2 fully saturated rings. The maximum Gasteiger partial charge on any atom is 0.270 e. The van der Waals surface area contributed by atoms with Crippen LogP contribution in [0.3, 0.4) is 0 Å². The third-order valence-corrected chi connectivity index (χ3v) is 4.79. The lowest BCUT2D eigenvalue weighted by Gasteiger charge is -2.28. The first kappa shape index (κ1) is 17.4. The molecule has 0 saturated carbocycles. The van der Waals surface area contributed by atoms with Gasteiger partial charge in [0, 0.05) is 19.2 Å². The standard InChI is InChI=1S/C19H16FN3O3S/c20-12-3-5-13(6-4-12)23-18(25)15(17(24)21-19(23)27)11-14-7-8-16(26-14)22-9-1-2-10-22/h3-8,11H,1-2,9-10H2,(H,21,24,27)/b15-11-.